The van der Waals surface area contributed by atoms with E-state index in [1.54, 1.807) is 30.3 Å². The van der Waals surface area contributed by atoms with Gasteiger partial charge in [-0.3, -0.25) is 4.79 Å². The van der Waals surface area contributed by atoms with E-state index in [1.165, 1.54) is 0 Å². The third-order valence-electron chi connectivity index (χ3n) is 3.29. The lowest BCUT2D eigenvalue weighted by Gasteiger charge is -2.12. The summed E-state index contributed by atoms with van der Waals surface area (Å²) < 4.78 is 11.1. The molecule has 0 bridgehead atoms. The molecular weight excluding hydrogens is 304 g/mol. The molecule has 1 N–H and O–H groups in total. The Morgan fingerprint density at radius 2 is 1.79 bits per heavy atom. The van der Waals surface area contributed by atoms with Gasteiger partial charge in [0.2, 0.25) is 5.91 Å². The minimum absolute atomic E-state index is 0.187. The average Bonchev–Trinajstić information content (AvgIpc) is 2.58. The standard InChI is InChI=1S/C19H20N2O3/c1-3-23-17-10-9-14(11-18(17)24-4-2)12-19(22)21-16-8-6-5-7-15(16)13-20/h5-11H,3-4,12H2,1-2H3,(H,21,22). The first kappa shape index (κ1) is 17.4. The molecule has 0 aliphatic heterocycles. The van der Waals surface area contributed by atoms with Crippen molar-refractivity contribution in [2.75, 3.05) is 18.5 Å². The van der Waals surface area contributed by atoms with Crippen LogP contribution in [0.4, 0.5) is 5.69 Å². The summed E-state index contributed by atoms with van der Waals surface area (Å²) in [5.74, 6) is 1.10. The van der Waals surface area contributed by atoms with Crippen molar-refractivity contribution < 1.29 is 14.3 Å². The van der Waals surface area contributed by atoms with E-state index in [2.05, 4.69) is 11.4 Å². The molecule has 1 amide bonds. The van der Waals surface area contributed by atoms with Gasteiger partial charge in [0.1, 0.15) is 6.07 Å². The van der Waals surface area contributed by atoms with E-state index in [0.29, 0.717) is 36.0 Å². The van der Waals surface area contributed by atoms with Crippen LogP contribution in [0.2, 0.25) is 0 Å². The molecule has 0 fully saturated rings. The van der Waals surface area contributed by atoms with Crippen molar-refractivity contribution in [3.05, 3.63) is 53.6 Å². The van der Waals surface area contributed by atoms with Crippen LogP contribution in [0.3, 0.4) is 0 Å². The van der Waals surface area contributed by atoms with Gasteiger partial charge in [-0.15, -0.1) is 0 Å². The van der Waals surface area contributed by atoms with E-state index < -0.39 is 0 Å². The molecule has 0 aromatic heterocycles. The maximum atomic E-state index is 12.2. The molecule has 5 nitrogen and oxygen atoms in total. The number of nitriles is 1. The SMILES string of the molecule is CCOc1ccc(CC(=O)Nc2ccccc2C#N)cc1OCC. The molecule has 0 aliphatic carbocycles. The summed E-state index contributed by atoms with van der Waals surface area (Å²) in [6.45, 7) is 4.87. The van der Waals surface area contributed by atoms with Crippen LogP contribution in [0.5, 0.6) is 11.5 Å². The number of amides is 1. The van der Waals surface area contributed by atoms with Crippen LogP contribution >= 0.6 is 0 Å². The molecule has 0 atom stereocenters. The van der Waals surface area contributed by atoms with E-state index in [4.69, 9.17) is 14.7 Å². The predicted octanol–water partition coefficient (Wildman–Crippen LogP) is 3.54. The lowest BCUT2D eigenvalue weighted by molar-refractivity contribution is -0.115. The minimum atomic E-state index is -0.190. The Bertz CT molecular complexity index is 751. The fraction of sp³-hybridized carbons (Fsp3) is 0.263. The van der Waals surface area contributed by atoms with Gasteiger partial charge in [0, 0.05) is 0 Å². The second-order valence-electron chi connectivity index (χ2n) is 5.03. The molecule has 24 heavy (non-hydrogen) atoms. The van der Waals surface area contributed by atoms with Gasteiger partial charge in [0.15, 0.2) is 11.5 Å². The van der Waals surface area contributed by atoms with Crippen LogP contribution in [-0.2, 0) is 11.2 Å². The third-order valence-corrected chi connectivity index (χ3v) is 3.29. The molecule has 0 spiro atoms. The highest BCUT2D eigenvalue weighted by Crippen LogP contribution is 2.28. The Morgan fingerprint density at radius 3 is 2.50 bits per heavy atom. The number of hydrogen-bond donors (Lipinski definition) is 1. The summed E-state index contributed by atoms with van der Waals surface area (Å²) in [6, 6.07) is 14.4. The van der Waals surface area contributed by atoms with Crippen molar-refractivity contribution in [1.82, 2.24) is 0 Å². The Morgan fingerprint density at radius 1 is 1.08 bits per heavy atom. The van der Waals surface area contributed by atoms with Crippen LogP contribution in [0.25, 0.3) is 0 Å². The smallest absolute Gasteiger partial charge is 0.228 e. The Hall–Kier alpha value is -3.00. The number of ether oxygens (including phenoxy) is 2. The highest BCUT2D eigenvalue weighted by atomic mass is 16.5. The molecule has 5 heteroatoms. The number of para-hydroxylation sites is 1. The zero-order valence-corrected chi connectivity index (χ0v) is 13.8. The summed E-state index contributed by atoms with van der Waals surface area (Å²) in [4.78, 5) is 12.2. The summed E-state index contributed by atoms with van der Waals surface area (Å²) in [5.41, 5.74) is 1.77. The highest BCUT2D eigenvalue weighted by Gasteiger charge is 2.11. The average molecular weight is 324 g/mol. The predicted molar refractivity (Wildman–Crippen MR) is 92.3 cm³/mol. The zero-order chi connectivity index (χ0) is 17.4. The lowest BCUT2D eigenvalue weighted by Crippen LogP contribution is -2.15. The first-order valence-corrected chi connectivity index (χ1v) is 7.85. The summed E-state index contributed by atoms with van der Waals surface area (Å²) in [7, 11) is 0. The van der Waals surface area contributed by atoms with E-state index in [0.717, 1.165) is 5.56 Å². The molecule has 2 aromatic rings. The maximum absolute atomic E-state index is 12.2. The number of benzene rings is 2. The molecule has 0 radical (unpaired) electrons. The van der Waals surface area contributed by atoms with E-state index in [9.17, 15) is 4.79 Å². The van der Waals surface area contributed by atoms with Gasteiger partial charge in [-0.1, -0.05) is 18.2 Å². The van der Waals surface area contributed by atoms with Crippen LogP contribution in [0, 0.1) is 11.3 Å². The van der Waals surface area contributed by atoms with Gasteiger partial charge >= 0.3 is 0 Å². The summed E-state index contributed by atoms with van der Waals surface area (Å²) >= 11 is 0. The van der Waals surface area contributed by atoms with Crippen molar-refractivity contribution in [2.45, 2.75) is 20.3 Å². The molecule has 0 aliphatic rings. The largest absolute Gasteiger partial charge is 0.490 e. The first-order chi connectivity index (χ1) is 11.7. The second-order valence-corrected chi connectivity index (χ2v) is 5.03. The molecule has 124 valence electrons. The number of hydrogen-bond acceptors (Lipinski definition) is 4. The lowest BCUT2D eigenvalue weighted by atomic mass is 10.1. The molecule has 2 aromatic carbocycles. The molecule has 0 unspecified atom stereocenters. The normalized spacial score (nSPS) is 9.88. The van der Waals surface area contributed by atoms with E-state index >= 15 is 0 Å². The van der Waals surface area contributed by atoms with Crippen molar-refractivity contribution in [3.8, 4) is 17.6 Å². The van der Waals surface area contributed by atoms with Gasteiger partial charge in [-0.25, -0.2) is 0 Å². The highest BCUT2D eigenvalue weighted by molar-refractivity contribution is 5.93. The third kappa shape index (κ3) is 4.50. The number of carbonyl (C=O) groups excluding carboxylic acids is 1. The van der Waals surface area contributed by atoms with Gasteiger partial charge in [0.25, 0.3) is 0 Å². The van der Waals surface area contributed by atoms with Crippen molar-refractivity contribution in [2.24, 2.45) is 0 Å². The first-order valence-electron chi connectivity index (χ1n) is 7.85. The Labute approximate surface area is 141 Å². The fourth-order valence-corrected chi connectivity index (χ4v) is 2.27. The van der Waals surface area contributed by atoms with Crippen LogP contribution in [0.1, 0.15) is 25.0 Å². The van der Waals surface area contributed by atoms with Gasteiger partial charge in [-0.05, 0) is 43.7 Å². The molecular formula is C19H20N2O3. The number of nitrogens with one attached hydrogen (secondary N) is 1. The number of nitrogens with zero attached hydrogens (tertiary/aromatic N) is 1. The molecule has 0 saturated carbocycles. The maximum Gasteiger partial charge on any atom is 0.228 e. The van der Waals surface area contributed by atoms with Crippen LogP contribution in [0.15, 0.2) is 42.5 Å². The van der Waals surface area contributed by atoms with Crippen molar-refractivity contribution in [1.29, 1.82) is 5.26 Å². The quantitative estimate of drug-likeness (QED) is 0.845. The van der Waals surface area contributed by atoms with Crippen LogP contribution in [-0.4, -0.2) is 19.1 Å². The minimum Gasteiger partial charge on any atom is -0.490 e. The molecule has 0 heterocycles. The molecule has 0 saturated heterocycles. The Balaban J connectivity index is 2.11. The van der Waals surface area contributed by atoms with E-state index in [1.807, 2.05) is 26.0 Å². The van der Waals surface area contributed by atoms with Crippen molar-refractivity contribution >= 4 is 11.6 Å². The van der Waals surface area contributed by atoms with Crippen molar-refractivity contribution in [3.63, 3.8) is 0 Å². The summed E-state index contributed by atoms with van der Waals surface area (Å²) in [5, 5.41) is 11.8. The van der Waals surface area contributed by atoms with E-state index in [-0.39, 0.29) is 12.3 Å². The molecule has 2 rings (SSSR count). The number of anilines is 1. The fourth-order valence-electron chi connectivity index (χ4n) is 2.27. The van der Waals surface area contributed by atoms with Gasteiger partial charge in [-0.2, -0.15) is 5.26 Å². The van der Waals surface area contributed by atoms with Gasteiger partial charge < -0.3 is 14.8 Å². The number of carbonyl (C=O) groups is 1. The second kappa shape index (κ2) is 8.59. The number of rotatable bonds is 7. The van der Waals surface area contributed by atoms with Crippen LogP contribution < -0.4 is 14.8 Å². The van der Waals surface area contributed by atoms with Gasteiger partial charge in [0.05, 0.1) is 30.9 Å². The Kier molecular flexibility index (Phi) is 6.21. The zero-order valence-electron chi connectivity index (χ0n) is 13.8. The topological polar surface area (TPSA) is 71.3 Å². The monoisotopic (exact) mass is 324 g/mol. The summed E-state index contributed by atoms with van der Waals surface area (Å²) in [6.07, 6.45) is 0.187.